The summed E-state index contributed by atoms with van der Waals surface area (Å²) < 4.78 is 7.61. The Balaban J connectivity index is 2.20. The molecule has 6 heteroatoms. The van der Waals surface area contributed by atoms with Crippen molar-refractivity contribution in [2.24, 2.45) is 0 Å². The van der Waals surface area contributed by atoms with Crippen LogP contribution in [0, 0.1) is 0 Å². The smallest absolute Gasteiger partial charge is 0.224 e. The van der Waals surface area contributed by atoms with Crippen LogP contribution in [0.1, 0.15) is 39.1 Å². The zero-order valence-electron chi connectivity index (χ0n) is 12.4. The fraction of sp³-hybridized carbons (Fsp3) is 0.500. The molecule has 20 heavy (non-hydrogen) atoms. The molecule has 0 atom stereocenters. The lowest BCUT2D eigenvalue weighted by Crippen LogP contribution is -2.02. The van der Waals surface area contributed by atoms with Crippen LogP contribution in [-0.2, 0) is 6.42 Å². The Labute approximate surface area is 119 Å². The summed E-state index contributed by atoms with van der Waals surface area (Å²) in [5, 5.41) is 7.27. The van der Waals surface area contributed by atoms with Gasteiger partial charge in [-0.2, -0.15) is 10.1 Å². The molecule has 6 nitrogen and oxygen atoms in total. The summed E-state index contributed by atoms with van der Waals surface area (Å²) in [5.41, 5.74) is 0. The Kier molecular flexibility index (Phi) is 4.55. The van der Waals surface area contributed by atoms with Gasteiger partial charge in [0.2, 0.25) is 5.88 Å². The number of aryl methyl sites for hydroxylation is 1. The second-order valence-electron chi connectivity index (χ2n) is 4.86. The molecule has 0 unspecified atom stereocenters. The molecule has 0 bridgehead atoms. The van der Waals surface area contributed by atoms with Crippen LogP contribution in [0.15, 0.2) is 18.5 Å². The fourth-order valence-electron chi connectivity index (χ4n) is 1.76. The number of anilines is 1. The molecule has 2 aromatic heterocycles. The van der Waals surface area contributed by atoms with Gasteiger partial charge in [-0.15, -0.1) is 0 Å². The minimum atomic E-state index is 0.307. The Morgan fingerprint density at radius 2 is 2.15 bits per heavy atom. The lowest BCUT2D eigenvalue weighted by Gasteiger charge is -2.07. The second kappa shape index (κ2) is 6.36. The molecule has 0 saturated heterocycles. The Morgan fingerprint density at radius 1 is 1.35 bits per heavy atom. The maximum Gasteiger partial charge on any atom is 0.224 e. The van der Waals surface area contributed by atoms with Crippen molar-refractivity contribution >= 4 is 5.82 Å². The maximum absolute atomic E-state index is 5.76. The topological polar surface area (TPSA) is 64.9 Å². The molecule has 0 aromatic carbocycles. The highest BCUT2D eigenvalue weighted by atomic mass is 16.5. The molecule has 0 saturated carbocycles. The first-order valence-electron chi connectivity index (χ1n) is 6.90. The molecule has 0 spiro atoms. The zero-order valence-corrected chi connectivity index (χ0v) is 12.4. The van der Waals surface area contributed by atoms with E-state index in [-0.39, 0.29) is 0 Å². The van der Waals surface area contributed by atoms with Crippen LogP contribution in [0.25, 0.3) is 0 Å². The van der Waals surface area contributed by atoms with Crippen molar-refractivity contribution in [1.82, 2.24) is 19.7 Å². The number of rotatable bonds is 6. The standard InChI is InChI=1S/C14H21N5O/c1-5-6-12-17-13(15-4)7-14(18-12)20-11-8-16-19(9-11)10(2)3/h7-10H,5-6H2,1-4H3,(H,15,17,18). The van der Waals surface area contributed by atoms with E-state index in [2.05, 4.69) is 41.2 Å². The number of hydrogen-bond acceptors (Lipinski definition) is 5. The van der Waals surface area contributed by atoms with Crippen LogP contribution in [0.3, 0.4) is 0 Å². The number of hydrogen-bond donors (Lipinski definition) is 1. The van der Waals surface area contributed by atoms with Crippen molar-refractivity contribution in [3.8, 4) is 11.6 Å². The van der Waals surface area contributed by atoms with Gasteiger partial charge in [-0.1, -0.05) is 6.92 Å². The van der Waals surface area contributed by atoms with E-state index < -0.39 is 0 Å². The molecule has 2 rings (SSSR count). The molecule has 1 N–H and O–H groups in total. The number of nitrogens with one attached hydrogen (secondary N) is 1. The van der Waals surface area contributed by atoms with Gasteiger partial charge < -0.3 is 10.1 Å². The van der Waals surface area contributed by atoms with Gasteiger partial charge in [-0.25, -0.2) is 4.98 Å². The summed E-state index contributed by atoms with van der Waals surface area (Å²) in [6, 6.07) is 2.09. The highest BCUT2D eigenvalue weighted by Crippen LogP contribution is 2.22. The molecular weight excluding hydrogens is 254 g/mol. The lowest BCUT2D eigenvalue weighted by atomic mass is 10.3. The summed E-state index contributed by atoms with van der Waals surface area (Å²) >= 11 is 0. The van der Waals surface area contributed by atoms with Gasteiger partial charge >= 0.3 is 0 Å². The quantitative estimate of drug-likeness (QED) is 0.877. The van der Waals surface area contributed by atoms with Crippen LogP contribution in [0.5, 0.6) is 11.6 Å². The van der Waals surface area contributed by atoms with Gasteiger partial charge in [-0.3, -0.25) is 4.68 Å². The van der Waals surface area contributed by atoms with Gasteiger partial charge in [-0.05, 0) is 20.3 Å². The maximum atomic E-state index is 5.76. The summed E-state index contributed by atoms with van der Waals surface area (Å²) in [5.74, 6) is 2.76. The second-order valence-corrected chi connectivity index (χ2v) is 4.86. The monoisotopic (exact) mass is 275 g/mol. The first-order chi connectivity index (χ1) is 9.62. The average Bonchev–Trinajstić information content (AvgIpc) is 2.87. The van der Waals surface area contributed by atoms with Crippen LogP contribution in [0.4, 0.5) is 5.82 Å². The van der Waals surface area contributed by atoms with E-state index in [1.807, 2.05) is 17.9 Å². The Morgan fingerprint density at radius 3 is 2.75 bits per heavy atom. The Hall–Kier alpha value is -2.11. The lowest BCUT2D eigenvalue weighted by molar-refractivity contribution is 0.455. The van der Waals surface area contributed by atoms with Gasteiger partial charge in [0.05, 0.1) is 12.4 Å². The van der Waals surface area contributed by atoms with Gasteiger partial charge in [0.15, 0.2) is 5.75 Å². The van der Waals surface area contributed by atoms with Crippen LogP contribution in [-0.4, -0.2) is 26.8 Å². The van der Waals surface area contributed by atoms with Crippen molar-refractivity contribution in [2.75, 3.05) is 12.4 Å². The molecular formula is C14H21N5O. The van der Waals surface area contributed by atoms with Gasteiger partial charge in [0.25, 0.3) is 0 Å². The van der Waals surface area contributed by atoms with E-state index in [4.69, 9.17) is 4.74 Å². The molecule has 108 valence electrons. The highest BCUT2D eigenvalue weighted by Gasteiger charge is 2.08. The van der Waals surface area contributed by atoms with Crippen LogP contribution >= 0.6 is 0 Å². The first kappa shape index (κ1) is 14.3. The molecule has 0 aliphatic heterocycles. The molecule has 0 amide bonds. The normalized spacial score (nSPS) is 10.8. The number of ether oxygens (including phenoxy) is 1. The van der Waals surface area contributed by atoms with E-state index in [9.17, 15) is 0 Å². The van der Waals surface area contributed by atoms with Crippen molar-refractivity contribution in [2.45, 2.75) is 39.7 Å². The molecule has 0 aliphatic carbocycles. The van der Waals surface area contributed by atoms with Crippen molar-refractivity contribution in [3.63, 3.8) is 0 Å². The SMILES string of the molecule is CCCc1nc(NC)cc(Oc2cnn(C(C)C)c2)n1. The van der Waals surface area contributed by atoms with E-state index in [1.165, 1.54) is 0 Å². The largest absolute Gasteiger partial charge is 0.436 e. The van der Waals surface area contributed by atoms with Crippen molar-refractivity contribution < 1.29 is 4.74 Å². The third-order valence-corrected chi connectivity index (χ3v) is 2.81. The summed E-state index contributed by atoms with van der Waals surface area (Å²) in [7, 11) is 1.83. The van der Waals surface area contributed by atoms with E-state index in [1.54, 1.807) is 12.3 Å². The predicted octanol–water partition coefficient (Wildman–Crippen LogP) is 3.04. The summed E-state index contributed by atoms with van der Waals surface area (Å²) in [4.78, 5) is 8.80. The third kappa shape index (κ3) is 3.46. The predicted molar refractivity (Wildman–Crippen MR) is 78.3 cm³/mol. The molecule has 0 radical (unpaired) electrons. The molecule has 0 aliphatic rings. The van der Waals surface area contributed by atoms with Gasteiger partial charge in [0.1, 0.15) is 11.6 Å². The number of aromatic nitrogens is 4. The highest BCUT2D eigenvalue weighted by molar-refractivity contribution is 5.39. The average molecular weight is 275 g/mol. The minimum absolute atomic E-state index is 0.307. The Bertz CT molecular complexity index is 564. The van der Waals surface area contributed by atoms with Crippen molar-refractivity contribution in [3.05, 3.63) is 24.3 Å². The van der Waals surface area contributed by atoms with E-state index >= 15 is 0 Å². The van der Waals surface area contributed by atoms with Crippen LogP contribution in [0.2, 0.25) is 0 Å². The zero-order chi connectivity index (χ0) is 14.5. The molecule has 2 heterocycles. The van der Waals surface area contributed by atoms with Gasteiger partial charge in [0, 0.05) is 25.6 Å². The van der Waals surface area contributed by atoms with Crippen molar-refractivity contribution in [1.29, 1.82) is 0 Å². The fourth-order valence-corrected chi connectivity index (χ4v) is 1.76. The summed E-state index contributed by atoms with van der Waals surface area (Å²) in [6.45, 7) is 6.24. The molecule has 0 fully saturated rings. The number of nitrogens with zero attached hydrogens (tertiary/aromatic N) is 4. The van der Waals surface area contributed by atoms with E-state index in [0.717, 1.165) is 24.5 Å². The first-order valence-corrected chi connectivity index (χ1v) is 6.90. The summed E-state index contributed by atoms with van der Waals surface area (Å²) in [6.07, 6.45) is 5.39. The van der Waals surface area contributed by atoms with E-state index in [0.29, 0.717) is 17.7 Å². The van der Waals surface area contributed by atoms with Crippen LogP contribution < -0.4 is 10.1 Å². The minimum Gasteiger partial charge on any atom is -0.436 e. The third-order valence-electron chi connectivity index (χ3n) is 2.81. The molecule has 2 aromatic rings.